The summed E-state index contributed by atoms with van der Waals surface area (Å²) in [6.45, 7) is 0.547. The first-order chi connectivity index (χ1) is 7.81. The van der Waals surface area contributed by atoms with E-state index in [-0.39, 0.29) is 12.1 Å². The van der Waals surface area contributed by atoms with Crippen molar-refractivity contribution in [2.45, 2.75) is 38.2 Å². The van der Waals surface area contributed by atoms with Gasteiger partial charge in [0, 0.05) is 0 Å². The van der Waals surface area contributed by atoms with Crippen molar-refractivity contribution in [3.05, 3.63) is 23.3 Å². The minimum atomic E-state index is -0.240. The second-order valence-corrected chi connectivity index (χ2v) is 4.29. The van der Waals surface area contributed by atoms with E-state index in [4.69, 9.17) is 9.47 Å². The highest BCUT2D eigenvalue weighted by molar-refractivity contribution is 5.93. The third-order valence-electron chi connectivity index (χ3n) is 3.13. The number of carbonyl (C=O) groups is 1. The van der Waals surface area contributed by atoms with Crippen LogP contribution < -0.4 is 0 Å². The standard InChI is InChI=1S/C13H18O3/c1-15-13(14)12-7-5-3-2-4-6-11-8-10(12)9-16-11/h7-8,11H,2-6,9H2,1H3/b12-7+. The summed E-state index contributed by atoms with van der Waals surface area (Å²) < 4.78 is 10.4. The van der Waals surface area contributed by atoms with Crippen LogP contribution in [0.3, 0.4) is 0 Å². The van der Waals surface area contributed by atoms with Crippen molar-refractivity contribution in [1.82, 2.24) is 0 Å². The van der Waals surface area contributed by atoms with Gasteiger partial charge in [-0.15, -0.1) is 0 Å². The highest BCUT2D eigenvalue weighted by atomic mass is 16.5. The normalized spacial score (nSPS) is 28.9. The molecule has 88 valence electrons. The Labute approximate surface area is 96.1 Å². The van der Waals surface area contributed by atoms with Gasteiger partial charge in [0.1, 0.15) is 0 Å². The SMILES string of the molecule is COC(=O)/C1=C/CCCCCC2C=C1CO2. The Morgan fingerprint density at radius 3 is 3.12 bits per heavy atom. The van der Waals surface area contributed by atoms with Gasteiger partial charge in [0.05, 0.1) is 25.4 Å². The highest BCUT2D eigenvalue weighted by Crippen LogP contribution is 2.25. The number of fused-ring (bicyclic) bond motifs is 1. The van der Waals surface area contributed by atoms with Crippen molar-refractivity contribution < 1.29 is 14.3 Å². The van der Waals surface area contributed by atoms with Crippen LogP contribution in [0.25, 0.3) is 0 Å². The monoisotopic (exact) mass is 222 g/mol. The molecule has 3 heteroatoms. The van der Waals surface area contributed by atoms with Crippen molar-refractivity contribution in [3.8, 4) is 0 Å². The molecule has 1 aliphatic carbocycles. The van der Waals surface area contributed by atoms with Gasteiger partial charge in [-0.05, 0) is 30.9 Å². The zero-order chi connectivity index (χ0) is 11.4. The molecule has 0 radical (unpaired) electrons. The van der Waals surface area contributed by atoms with Crippen LogP contribution >= 0.6 is 0 Å². The van der Waals surface area contributed by atoms with Gasteiger partial charge in [-0.25, -0.2) is 4.79 Å². The van der Waals surface area contributed by atoms with E-state index in [1.54, 1.807) is 0 Å². The summed E-state index contributed by atoms with van der Waals surface area (Å²) in [4.78, 5) is 11.6. The molecular formula is C13H18O3. The Morgan fingerprint density at radius 2 is 2.31 bits per heavy atom. The number of esters is 1. The van der Waals surface area contributed by atoms with E-state index >= 15 is 0 Å². The molecule has 2 bridgehead atoms. The van der Waals surface area contributed by atoms with Crippen LogP contribution in [0.1, 0.15) is 32.1 Å². The second-order valence-electron chi connectivity index (χ2n) is 4.29. The lowest BCUT2D eigenvalue weighted by Crippen LogP contribution is -2.08. The fourth-order valence-electron chi connectivity index (χ4n) is 2.22. The van der Waals surface area contributed by atoms with Crippen LogP contribution in [0.15, 0.2) is 23.3 Å². The van der Waals surface area contributed by atoms with E-state index in [9.17, 15) is 4.79 Å². The Balaban J connectivity index is 2.20. The number of carbonyl (C=O) groups excluding carboxylic acids is 1. The summed E-state index contributed by atoms with van der Waals surface area (Å²) >= 11 is 0. The molecule has 0 N–H and O–H groups in total. The van der Waals surface area contributed by atoms with Gasteiger partial charge in [-0.3, -0.25) is 0 Å². The first kappa shape index (κ1) is 11.4. The van der Waals surface area contributed by atoms with Crippen molar-refractivity contribution >= 4 is 5.97 Å². The Morgan fingerprint density at radius 1 is 1.44 bits per heavy atom. The Hall–Kier alpha value is -1.09. The molecule has 0 spiro atoms. The summed E-state index contributed by atoms with van der Waals surface area (Å²) in [7, 11) is 1.43. The van der Waals surface area contributed by atoms with E-state index in [1.807, 2.05) is 6.08 Å². The molecule has 0 amide bonds. The molecule has 1 atom stereocenters. The quantitative estimate of drug-likeness (QED) is 0.639. The molecular weight excluding hydrogens is 204 g/mol. The average Bonchev–Trinajstić information content (AvgIpc) is 2.75. The topological polar surface area (TPSA) is 35.5 Å². The molecule has 2 aliphatic rings. The predicted octanol–water partition coefficient (Wildman–Crippen LogP) is 2.38. The number of hydrogen-bond donors (Lipinski definition) is 0. The lowest BCUT2D eigenvalue weighted by Gasteiger charge is -2.07. The van der Waals surface area contributed by atoms with Crippen LogP contribution in [0.4, 0.5) is 0 Å². The van der Waals surface area contributed by atoms with Gasteiger partial charge in [-0.1, -0.05) is 18.9 Å². The fraction of sp³-hybridized carbons (Fsp3) is 0.615. The number of methoxy groups -OCH3 is 1. The largest absolute Gasteiger partial charge is 0.465 e. The van der Waals surface area contributed by atoms with Crippen LogP contribution in [-0.2, 0) is 14.3 Å². The van der Waals surface area contributed by atoms with E-state index in [0.29, 0.717) is 12.2 Å². The van der Waals surface area contributed by atoms with Crippen LogP contribution in [0.2, 0.25) is 0 Å². The highest BCUT2D eigenvalue weighted by Gasteiger charge is 2.23. The first-order valence-corrected chi connectivity index (χ1v) is 5.92. The summed E-state index contributed by atoms with van der Waals surface area (Å²) in [6.07, 6.45) is 9.83. The van der Waals surface area contributed by atoms with Crippen molar-refractivity contribution in [2.24, 2.45) is 0 Å². The lowest BCUT2D eigenvalue weighted by molar-refractivity contribution is -0.135. The molecule has 0 saturated heterocycles. The maximum absolute atomic E-state index is 11.6. The van der Waals surface area contributed by atoms with Crippen molar-refractivity contribution in [2.75, 3.05) is 13.7 Å². The van der Waals surface area contributed by atoms with Gasteiger partial charge < -0.3 is 9.47 Å². The van der Waals surface area contributed by atoms with Gasteiger partial charge >= 0.3 is 5.97 Å². The summed E-state index contributed by atoms with van der Waals surface area (Å²) in [6, 6.07) is 0. The molecule has 0 fully saturated rings. The molecule has 3 nitrogen and oxygen atoms in total. The number of rotatable bonds is 1. The molecule has 16 heavy (non-hydrogen) atoms. The van der Waals surface area contributed by atoms with E-state index in [2.05, 4.69) is 6.08 Å². The molecule has 0 saturated carbocycles. The first-order valence-electron chi connectivity index (χ1n) is 5.92. The van der Waals surface area contributed by atoms with Crippen LogP contribution in [0, 0.1) is 0 Å². The molecule has 2 rings (SSSR count). The minimum Gasteiger partial charge on any atom is -0.465 e. The van der Waals surface area contributed by atoms with Crippen LogP contribution in [-0.4, -0.2) is 25.8 Å². The van der Waals surface area contributed by atoms with Crippen molar-refractivity contribution in [1.29, 1.82) is 0 Å². The summed E-state index contributed by atoms with van der Waals surface area (Å²) in [5.41, 5.74) is 1.70. The van der Waals surface area contributed by atoms with E-state index < -0.39 is 0 Å². The van der Waals surface area contributed by atoms with Gasteiger partial charge in [0.2, 0.25) is 0 Å². The maximum atomic E-state index is 11.6. The van der Waals surface area contributed by atoms with E-state index in [1.165, 1.54) is 20.0 Å². The van der Waals surface area contributed by atoms with E-state index in [0.717, 1.165) is 24.8 Å². The number of ether oxygens (including phenoxy) is 2. The third-order valence-corrected chi connectivity index (χ3v) is 3.13. The molecule has 0 aromatic heterocycles. The number of hydrogen-bond acceptors (Lipinski definition) is 3. The van der Waals surface area contributed by atoms with Crippen molar-refractivity contribution in [3.63, 3.8) is 0 Å². The molecule has 0 aromatic carbocycles. The van der Waals surface area contributed by atoms with Gasteiger partial charge in [0.15, 0.2) is 0 Å². The molecule has 1 aliphatic heterocycles. The minimum absolute atomic E-state index is 0.196. The fourth-order valence-corrected chi connectivity index (χ4v) is 2.22. The lowest BCUT2D eigenvalue weighted by atomic mass is 10.00. The Bertz CT molecular complexity index is 328. The molecule has 1 heterocycles. The molecule has 1 unspecified atom stereocenters. The molecule has 0 aromatic rings. The number of allylic oxidation sites excluding steroid dienone is 1. The third kappa shape index (κ3) is 2.53. The predicted molar refractivity (Wildman–Crippen MR) is 61.0 cm³/mol. The Kier molecular flexibility index (Phi) is 3.78. The van der Waals surface area contributed by atoms with Gasteiger partial charge in [0.25, 0.3) is 0 Å². The average molecular weight is 222 g/mol. The summed E-state index contributed by atoms with van der Waals surface area (Å²) in [5.74, 6) is -0.240. The zero-order valence-corrected chi connectivity index (χ0v) is 9.70. The van der Waals surface area contributed by atoms with Crippen LogP contribution in [0.5, 0.6) is 0 Å². The van der Waals surface area contributed by atoms with Gasteiger partial charge in [-0.2, -0.15) is 0 Å². The zero-order valence-electron chi connectivity index (χ0n) is 9.70. The smallest absolute Gasteiger partial charge is 0.337 e. The second kappa shape index (κ2) is 5.30. The summed E-state index contributed by atoms with van der Waals surface area (Å²) in [5, 5.41) is 0. The maximum Gasteiger partial charge on any atom is 0.337 e.